The Balaban J connectivity index is 3.04. The van der Waals surface area contributed by atoms with E-state index in [2.05, 4.69) is 6.58 Å². The molecule has 0 radical (unpaired) electrons. The first-order valence-electron chi connectivity index (χ1n) is 3.35. The summed E-state index contributed by atoms with van der Waals surface area (Å²) in [4.78, 5) is 10.6. The minimum atomic E-state index is -1.02. The standard InChI is InChI=1S/C9H8O3/c1-2-4-7(9(10)11)8-5-3-6-12-8/h2-6H,1H2,(H,10,11). The van der Waals surface area contributed by atoms with E-state index in [1.165, 1.54) is 18.4 Å². The third kappa shape index (κ3) is 1.63. The van der Waals surface area contributed by atoms with Crippen molar-refractivity contribution < 1.29 is 14.3 Å². The van der Waals surface area contributed by atoms with E-state index in [0.29, 0.717) is 5.76 Å². The van der Waals surface area contributed by atoms with E-state index in [-0.39, 0.29) is 5.57 Å². The number of furan rings is 1. The van der Waals surface area contributed by atoms with Crippen LogP contribution in [0, 0.1) is 0 Å². The molecule has 0 unspecified atom stereocenters. The lowest BCUT2D eigenvalue weighted by molar-refractivity contribution is -0.130. The lowest BCUT2D eigenvalue weighted by Crippen LogP contribution is -1.97. The van der Waals surface area contributed by atoms with Crippen LogP contribution < -0.4 is 0 Å². The summed E-state index contributed by atoms with van der Waals surface area (Å²) in [5, 5.41) is 8.70. The maximum atomic E-state index is 10.6. The SMILES string of the molecule is C=CC=C(C(=O)O)c1ccco1. The van der Waals surface area contributed by atoms with Gasteiger partial charge in [0.15, 0.2) is 0 Å². The van der Waals surface area contributed by atoms with Crippen LogP contribution >= 0.6 is 0 Å². The minimum absolute atomic E-state index is 0.106. The minimum Gasteiger partial charge on any atom is -0.478 e. The van der Waals surface area contributed by atoms with Gasteiger partial charge in [0.05, 0.1) is 6.26 Å². The highest BCUT2D eigenvalue weighted by Crippen LogP contribution is 2.14. The molecule has 1 rings (SSSR count). The van der Waals surface area contributed by atoms with Gasteiger partial charge in [-0.1, -0.05) is 12.7 Å². The zero-order valence-corrected chi connectivity index (χ0v) is 6.36. The molecule has 1 aromatic heterocycles. The normalized spacial score (nSPS) is 11.2. The molecule has 0 fully saturated rings. The fraction of sp³-hybridized carbons (Fsp3) is 0. The Morgan fingerprint density at radius 2 is 2.42 bits per heavy atom. The molecule has 0 aliphatic carbocycles. The van der Waals surface area contributed by atoms with Crippen LogP contribution in [0.15, 0.2) is 41.5 Å². The fourth-order valence-corrected chi connectivity index (χ4v) is 0.808. The van der Waals surface area contributed by atoms with E-state index in [9.17, 15) is 4.79 Å². The van der Waals surface area contributed by atoms with Gasteiger partial charge in [-0.2, -0.15) is 0 Å². The second-order valence-corrected chi connectivity index (χ2v) is 2.10. The van der Waals surface area contributed by atoms with E-state index >= 15 is 0 Å². The van der Waals surface area contributed by atoms with Crippen LogP contribution in [-0.2, 0) is 4.79 Å². The maximum Gasteiger partial charge on any atom is 0.339 e. The van der Waals surface area contributed by atoms with E-state index < -0.39 is 5.97 Å². The molecule has 62 valence electrons. The molecule has 1 heterocycles. The van der Waals surface area contributed by atoms with Crippen molar-refractivity contribution >= 4 is 11.5 Å². The lowest BCUT2D eigenvalue weighted by Gasteiger charge is -1.94. The fourth-order valence-electron chi connectivity index (χ4n) is 0.808. The van der Waals surface area contributed by atoms with Gasteiger partial charge in [0, 0.05) is 0 Å². The summed E-state index contributed by atoms with van der Waals surface area (Å²) in [7, 11) is 0. The summed E-state index contributed by atoms with van der Waals surface area (Å²) in [6.07, 6.45) is 4.22. The third-order valence-corrected chi connectivity index (χ3v) is 1.30. The molecule has 0 aromatic carbocycles. The Morgan fingerprint density at radius 3 is 2.83 bits per heavy atom. The molecule has 0 amide bonds. The van der Waals surface area contributed by atoms with Gasteiger partial charge in [-0.15, -0.1) is 0 Å². The molecular formula is C9H8O3. The molecule has 0 saturated carbocycles. The molecule has 3 nitrogen and oxygen atoms in total. The zero-order chi connectivity index (χ0) is 8.97. The highest BCUT2D eigenvalue weighted by atomic mass is 16.4. The number of hydrogen-bond acceptors (Lipinski definition) is 2. The van der Waals surface area contributed by atoms with Crippen LogP contribution in [0.5, 0.6) is 0 Å². The Bertz CT molecular complexity index is 307. The summed E-state index contributed by atoms with van der Waals surface area (Å²) in [5.41, 5.74) is 0.106. The van der Waals surface area contributed by atoms with Crippen molar-refractivity contribution in [3.63, 3.8) is 0 Å². The Labute approximate surface area is 69.6 Å². The molecule has 0 saturated heterocycles. The first-order valence-corrected chi connectivity index (χ1v) is 3.35. The van der Waals surface area contributed by atoms with E-state index in [1.807, 2.05) is 0 Å². The molecule has 12 heavy (non-hydrogen) atoms. The Morgan fingerprint density at radius 1 is 1.67 bits per heavy atom. The van der Waals surface area contributed by atoms with Crippen LogP contribution in [-0.4, -0.2) is 11.1 Å². The average molecular weight is 164 g/mol. The second-order valence-electron chi connectivity index (χ2n) is 2.10. The van der Waals surface area contributed by atoms with Gasteiger partial charge in [-0.05, 0) is 18.2 Å². The number of carbonyl (C=O) groups is 1. The lowest BCUT2D eigenvalue weighted by atomic mass is 10.2. The van der Waals surface area contributed by atoms with Crippen molar-refractivity contribution in [3.8, 4) is 0 Å². The van der Waals surface area contributed by atoms with Crippen molar-refractivity contribution in [1.82, 2.24) is 0 Å². The largest absolute Gasteiger partial charge is 0.478 e. The van der Waals surface area contributed by atoms with Crippen molar-refractivity contribution in [3.05, 3.63) is 42.9 Å². The predicted octanol–water partition coefficient (Wildman–Crippen LogP) is 1.93. The van der Waals surface area contributed by atoms with Gasteiger partial charge in [0.1, 0.15) is 11.3 Å². The van der Waals surface area contributed by atoms with Gasteiger partial charge >= 0.3 is 5.97 Å². The number of hydrogen-bond donors (Lipinski definition) is 1. The van der Waals surface area contributed by atoms with Gasteiger partial charge in [0.2, 0.25) is 0 Å². The number of carboxylic acid groups (broad SMARTS) is 1. The van der Waals surface area contributed by atoms with Gasteiger partial charge < -0.3 is 9.52 Å². The van der Waals surface area contributed by atoms with Crippen LogP contribution in [0.1, 0.15) is 5.76 Å². The summed E-state index contributed by atoms with van der Waals surface area (Å²) >= 11 is 0. The molecule has 0 aliphatic heterocycles. The Kier molecular flexibility index (Phi) is 2.48. The van der Waals surface area contributed by atoms with E-state index in [0.717, 1.165) is 0 Å². The van der Waals surface area contributed by atoms with Gasteiger partial charge in [-0.3, -0.25) is 0 Å². The molecule has 0 atom stereocenters. The summed E-state index contributed by atoms with van der Waals surface area (Å²) < 4.78 is 4.91. The smallest absolute Gasteiger partial charge is 0.339 e. The summed E-state index contributed by atoms with van der Waals surface area (Å²) in [6, 6.07) is 3.22. The second kappa shape index (κ2) is 3.57. The quantitative estimate of drug-likeness (QED) is 0.548. The molecular weight excluding hydrogens is 156 g/mol. The summed E-state index contributed by atoms with van der Waals surface area (Å²) in [6.45, 7) is 3.41. The van der Waals surface area contributed by atoms with E-state index in [4.69, 9.17) is 9.52 Å². The highest BCUT2D eigenvalue weighted by Gasteiger charge is 2.10. The van der Waals surface area contributed by atoms with Gasteiger partial charge in [0.25, 0.3) is 0 Å². The third-order valence-electron chi connectivity index (χ3n) is 1.30. The molecule has 0 aliphatic rings. The van der Waals surface area contributed by atoms with Crippen molar-refractivity contribution in [2.45, 2.75) is 0 Å². The van der Waals surface area contributed by atoms with Gasteiger partial charge in [-0.25, -0.2) is 4.79 Å². The van der Waals surface area contributed by atoms with E-state index in [1.54, 1.807) is 12.1 Å². The number of rotatable bonds is 3. The van der Waals surface area contributed by atoms with Crippen molar-refractivity contribution in [1.29, 1.82) is 0 Å². The number of aliphatic carboxylic acids is 1. The molecule has 1 N–H and O–H groups in total. The van der Waals surface area contributed by atoms with Crippen LogP contribution in [0.4, 0.5) is 0 Å². The first kappa shape index (κ1) is 8.33. The first-order chi connectivity index (χ1) is 5.75. The molecule has 1 aromatic rings. The number of allylic oxidation sites excluding steroid dienone is 2. The zero-order valence-electron chi connectivity index (χ0n) is 6.36. The number of carboxylic acids is 1. The maximum absolute atomic E-state index is 10.6. The topological polar surface area (TPSA) is 50.4 Å². The van der Waals surface area contributed by atoms with Crippen molar-refractivity contribution in [2.75, 3.05) is 0 Å². The van der Waals surface area contributed by atoms with Crippen molar-refractivity contribution in [2.24, 2.45) is 0 Å². The monoisotopic (exact) mass is 164 g/mol. The van der Waals surface area contributed by atoms with Crippen LogP contribution in [0.25, 0.3) is 5.57 Å². The molecule has 3 heteroatoms. The summed E-state index contributed by atoms with van der Waals surface area (Å²) in [5.74, 6) is -0.688. The van der Waals surface area contributed by atoms with Crippen LogP contribution in [0.2, 0.25) is 0 Å². The molecule has 0 spiro atoms. The average Bonchev–Trinajstić information content (AvgIpc) is 2.51. The highest BCUT2D eigenvalue weighted by molar-refractivity contribution is 6.14. The van der Waals surface area contributed by atoms with Crippen LogP contribution in [0.3, 0.4) is 0 Å². The predicted molar refractivity (Wildman–Crippen MR) is 44.5 cm³/mol. The molecule has 0 bridgehead atoms. The Hall–Kier alpha value is -1.77.